The molecule has 0 unspecified atom stereocenters. The van der Waals surface area contributed by atoms with E-state index in [4.69, 9.17) is 6.57 Å². The van der Waals surface area contributed by atoms with E-state index in [-0.39, 0.29) is 13.4 Å². The first kappa shape index (κ1) is 32.6. The van der Waals surface area contributed by atoms with Crippen LogP contribution >= 0.6 is 0 Å². The van der Waals surface area contributed by atoms with Gasteiger partial charge in [-0.1, -0.05) is 69.8 Å². The molecule has 0 saturated carbocycles. The number of nitrogens with zero attached hydrogens (tertiary/aromatic N) is 3. The van der Waals surface area contributed by atoms with Crippen molar-refractivity contribution in [3.05, 3.63) is 127 Å². The van der Waals surface area contributed by atoms with Crippen LogP contribution in [0.4, 0.5) is 22.7 Å². The molecule has 5 heteroatoms. The fraction of sp³-hybridized carbons (Fsp3) is 0.273. The number of hydrogen-bond donors (Lipinski definition) is 0. The zero-order valence-corrected chi connectivity index (χ0v) is 30.8. The van der Waals surface area contributed by atoms with Crippen molar-refractivity contribution in [2.24, 2.45) is 0 Å². The van der Waals surface area contributed by atoms with Gasteiger partial charge in [-0.3, -0.25) is 0 Å². The lowest BCUT2D eigenvalue weighted by Gasteiger charge is -2.45. The van der Waals surface area contributed by atoms with Crippen molar-refractivity contribution in [3.63, 3.8) is 0 Å². The van der Waals surface area contributed by atoms with E-state index in [2.05, 4.69) is 128 Å². The first-order valence-corrected chi connectivity index (χ1v) is 17.5. The number of aryl methyl sites for hydroxylation is 1. The Balaban J connectivity index is 1.69. The van der Waals surface area contributed by atoms with Gasteiger partial charge in [0.25, 0.3) is 0 Å². The van der Waals surface area contributed by atoms with Crippen LogP contribution in [0.15, 0.2) is 48.5 Å². The van der Waals surface area contributed by atoms with Crippen molar-refractivity contribution in [2.75, 3.05) is 4.90 Å². The maximum absolute atomic E-state index is 10.2. The van der Waals surface area contributed by atoms with Gasteiger partial charge in [-0.05, 0) is 155 Å². The van der Waals surface area contributed by atoms with Crippen LogP contribution in [0.1, 0.15) is 73.7 Å². The summed E-state index contributed by atoms with van der Waals surface area (Å²) < 4.78 is 0. The fourth-order valence-corrected chi connectivity index (χ4v) is 9.00. The van der Waals surface area contributed by atoms with Gasteiger partial charge in [0.05, 0.1) is 18.2 Å². The summed E-state index contributed by atoms with van der Waals surface area (Å²) in [6.07, 6.45) is 0.910. The van der Waals surface area contributed by atoms with Crippen molar-refractivity contribution in [3.8, 4) is 6.07 Å². The third kappa shape index (κ3) is 4.48. The second-order valence-corrected chi connectivity index (χ2v) is 14.5. The topological polar surface area (TPSA) is 31.4 Å². The maximum Gasteiger partial charge on any atom is 0.247 e. The molecule has 0 aliphatic carbocycles. The van der Waals surface area contributed by atoms with Gasteiger partial charge in [-0.15, -0.1) is 0 Å². The number of hydrogen-bond acceptors (Lipinski definition) is 2. The van der Waals surface area contributed by atoms with Crippen molar-refractivity contribution in [1.29, 1.82) is 5.26 Å². The van der Waals surface area contributed by atoms with E-state index in [0.29, 0.717) is 11.3 Å². The summed E-state index contributed by atoms with van der Waals surface area (Å²) in [7, 11) is 0. The van der Waals surface area contributed by atoms with Gasteiger partial charge in [0.15, 0.2) is 5.69 Å². The van der Waals surface area contributed by atoms with E-state index in [1.165, 1.54) is 88.7 Å². The number of nitriles is 1. The predicted octanol–water partition coefficient (Wildman–Crippen LogP) is 6.88. The quantitative estimate of drug-likeness (QED) is 0.157. The summed E-state index contributed by atoms with van der Waals surface area (Å²) in [5.41, 5.74) is 27.1. The largest absolute Gasteiger partial charge is 0.313 e. The Morgan fingerprint density at radius 2 is 1.02 bits per heavy atom. The van der Waals surface area contributed by atoms with Gasteiger partial charge in [-0.25, -0.2) is 4.85 Å². The molecule has 0 spiro atoms. The van der Waals surface area contributed by atoms with E-state index >= 15 is 0 Å². The summed E-state index contributed by atoms with van der Waals surface area (Å²) in [5, 5.41) is 10.2. The Morgan fingerprint density at radius 3 is 1.45 bits per heavy atom. The average molecular weight is 635 g/mol. The molecule has 3 nitrogen and oxygen atoms in total. The highest BCUT2D eigenvalue weighted by molar-refractivity contribution is 7.02. The molecule has 0 saturated heterocycles. The van der Waals surface area contributed by atoms with Crippen LogP contribution in [0.25, 0.3) is 4.85 Å². The number of benzene rings is 5. The second-order valence-electron chi connectivity index (χ2n) is 14.5. The normalized spacial score (nSPS) is 12.7. The van der Waals surface area contributed by atoms with Crippen molar-refractivity contribution < 1.29 is 0 Å². The molecule has 0 atom stereocenters. The lowest BCUT2D eigenvalue weighted by molar-refractivity contribution is 1.14. The number of rotatable bonds is 3. The summed E-state index contributed by atoms with van der Waals surface area (Å²) in [5.74, 6) is 0. The molecule has 2 heterocycles. The lowest BCUT2D eigenvalue weighted by atomic mass is 9.29. The third-order valence-corrected chi connectivity index (χ3v) is 12.6. The first-order chi connectivity index (χ1) is 23.4. The number of fused-ring (bicyclic) bond motifs is 4. The van der Waals surface area contributed by atoms with Crippen molar-refractivity contribution in [1.82, 2.24) is 0 Å². The van der Waals surface area contributed by atoms with E-state index in [9.17, 15) is 5.26 Å². The predicted molar refractivity (Wildman–Crippen MR) is 211 cm³/mol. The summed E-state index contributed by atoms with van der Waals surface area (Å²) in [6.45, 7) is 32.9. The Hall–Kier alpha value is -4.99. The highest BCUT2D eigenvalue weighted by Gasteiger charge is 2.45. The van der Waals surface area contributed by atoms with Crippen LogP contribution in [0.5, 0.6) is 0 Å². The van der Waals surface area contributed by atoms with Gasteiger partial charge < -0.3 is 4.90 Å². The zero-order chi connectivity index (χ0) is 35.2. The minimum Gasteiger partial charge on any atom is -0.313 e. The third-order valence-electron chi connectivity index (χ3n) is 12.6. The molecule has 0 amide bonds. The highest BCUT2D eigenvalue weighted by atomic mass is 15.2. The monoisotopic (exact) mass is 635 g/mol. The highest BCUT2D eigenvalue weighted by Crippen LogP contribution is 2.40. The standard InChI is InChI=1S/C44H43B2N3/c1-13-33-18-38-44-39(19-33)46(43-31(10)27(6)24(3)28(7)32(43)11)37-21-35(48-12)15-17-41(37)49(44)40-16-14-34(22-47)20-36(40)45(38)42-29(8)25(4)23(2)26(5)30(42)9/h14-21H,13H2,1-11H3. The molecule has 0 radical (unpaired) electrons. The molecule has 2 aliphatic heterocycles. The van der Waals surface area contributed by atoms with E-state index < -0.39 is 0 Å². The molecule has 7 rings (SSSR count). The van der Waals surface area contributed by atoms with Crippen LogP contribution in [-0.2, 0) is 6.42 Å². The molecule has 0 aromatic heterocycles. The Bertz CT molecular complexity index is 2150. The minimum absolute atomic E-state index is 0.0320. The fourth-order valence-electron chi connectivity index (χ4n) is 9.00. The Labute approximate surface area is 293 Å². The van der Waals surface area contributed by atoms with Crippen LogP contribution in [0.2, 0.25) is 0 Å². The zero-order valence-electron chi connectivity index (χ0n) is 30.8. The molecule has 0 bridgehead atoms. The second kappa shape index (κ2) is 11.6. The van der Waals surface area contributed by atoms with Crippen LogP contribution < -0.4 is 37.7 Å². The van der Waals surface area contributed by atoms with Gasteiger partial charge in [0, 0.05) is 17.1 Å². The lowest BCUT2D eigenvalue weighted by Crippen LogP contribution is -2.66. The minimum atomic E-state index is -0.0359. The number of anilines is 3. The maximum atomic E-state index is 10.2. The molecule has 2 aliphatic rings. The van der Waals surface area contributed by atoms with Crippen LogP contribution in [0.3, 0.4) is 0 Å². The summed E-state index contributed by atoms with van der Waals surface area (Å²) in [4.78, 5) is 6.38. The van der Waals surface area contributed by atoms with Crippen LogP contribution in [0, 0.1) is 87.1 Å². The Kier molecular flexibility index (Phi) is 7.68. The molecule has 5 aromatic carbocycles. The van der Waals surface area contributed by atoms with Gasteiger partial charge in [-0.2, -0.15) is 5.26 Å². The van der Waals surface area contributed by atoms with E-state index in [0.717, 1.165) is 28.7 Å². The molecule has 49 heavy (non-hydrogen) atoms. The summed E-state index contributed by atoms with van der Waals surface area (Å²) >= 11 is 0. The SMILES string of the molecule is [C-]#[N+]c1ccc2c(c1)B(c1c(C)c(C)c(C)c(C)c1C)c1cc(CC)cc3c1N2c1ccc(C#N)cc1B3c1c(C)c(C)c(C)c(C)c1C. The van der Waals surface area contributed by atoms with Crippen molar-refractivity contribution in [2.45, 2.75) is 82.6 Å². The molecular weight excluding hydrogens is 592 g/mol. The average Bonchev–Trinajstić information content (AvgIpc) is 3.12. The summed E-state index contributed by atoms with van der Waals surface area (Å²) in [6, 6.07) is 19.9. The smallest absolute Gasteiger partial charge is 0.247 e. The van der Waals surface area contributed by atoms with E-state index in [1.807, 2.05) is 12.1 Å². The van der Waals surface area contributed by atoms with Gasteiger partial charge in [0.2, 0.25) is 13.4 Å². The molecular formula is C44H43B2N3. The van der Waals surface area contributed by atoms with Gasteiger partial charge >= 0.3 is 0 Å². The first-order valence-electron chi connectivity index (χ1n) is 17.5. The Morgan fingerprint density at radius 1 is 0.592 bits per heavy atom. The molecule has 5 aromatic rings. The molecule has 0 fully saturated rings. The molecule has 240 valence electrons. The molecule has 0 N–H and O–H groups in total. The van der Waals surface area contributed by atoms with Crippen LogP contribution in [-0.4, -0.2) is 13.4 Å². The van der Waals surface area contributed by atoms with E-state index in [1.54, 1.807) is 0 Å². The van der Waals surface area contributed by atoms with Gasteiger partial charge in [0.1, 0.15) is 0 Å². The van der Waals surface area contributed by atoms with Crippen molar-refractivity contribution >= 4 is 69.0 Å².